The van der Waals surface area contributed by atoms with Gasteiger partial charge < -0.3 is 20.1 Å². The SMILES string of the molecule is Cc1ccc(S(=O)(=O)N2CCC(CNCC(O)COc3cccc4[nH]c5ccccc5c34)CC2)cc1. The molecule has 0 spiro atoms. The van der Waals surface area contributed by atoms with Crippen LogP contribution in [0.1, 0.15) is 18.4 Å². The minimum Gasteiger partial charge on any atom is -0.490 e. The summed E-state index contributed by atoms with van der Waals surface area (Å²) in [6.07, 6.45) is 0.952. The number of aromatic nitrogens is 1. The van der Waals surface area contributed by atoms with Crippen LogP contribution in [0.4, 0.5) is 0 Å². The molecule has 8 heteroatoms. The molecule has 1 aliphatic heterocycles. The van der Waals surface area contributed by atoms with E-state index in [-0.39, 0.29) is 6.61 Å². The van der Waals surface area contributed by atoms with Crippen molar-refractivity contribution < 1.29 is 18.3 Å². The molecule has 0 saturated carbocycles. The monoisotopic (exact) mass is 507 g/mol. The number of aliphatic hydroxyl groups is 1. The number of aliphatic hydroxyl groups excluding tert-OH is 1. The highest BCUT2D eigenvalue weighted by molar-refractivity contribution is 7.89. The number of fused-ring (bicyclic) bond motifs is 3. The quantitative estimate of drug-likeness (QED) is 0.318. The lowest BCUT2D eigenvalue weighted by Gasteiger charge is -2.31. The average molecular weight is 508 g/mol. The summed E-state index contributed by atoms with van der Waals surface area (Å²) >= 11 is 0. The van der Waals surface area contributed by atoms with Crippen molar-refractivity contribution in [2.24, 2.45) is 5.92 Å². The molecule has 3 aromatic carbocycles. The van der Waals surface area contributed by atoms with Crippen molar-refractivity contribution in [2.45, 2.75) is 30.8 Å². The Bertz CT molecular complexity index is 1420. The first-order valence-electron chi connectivity index (χ1n) is 12.5. The van der Waals surface area contributed by atoms with Crippen LogP contribution in [0.25, 0.3) is 21.8 Å². The highest BCUT2D eigenvalue weighted by atomic mass is 32.2. The van der Waals surface area contributed by atoms with Gasteiger partial charge in [0.2, 0.25) is 10.0 Å². The van der Waals surface area contributed by atoms with E-state index in [2.05, 4.69) is 16.4 Å². The van der Waals surface area contributed by atoms with Crippen LogP contribution in [-0.4, -0.2) is 61.7 Å². The first-order valence-corrected chi connectivity index (χ1v) is 13.9. The molecule has 1 aromatic heterocycles. The largest absolute Gasteiger partial charge is 0.490 e. The molecular formula is C28H33N3O4S. The van der Waals surface area contributed by atoms with Crippen molar-refractivity contribution >= 4 is 31.8 Å². The molecule has 7 nitrogen and oxygen atoms in total. The normalized spacial score (nSPS) is 16.5. The maximum atomic E-state index is 12.9. The predicted molar refractivity (Wildman–Crippen MR) is 143 cm³/mol. The zero-order valence-corrected chi connectivity index (χ0v) is 21.3. The van der Waals surface area contributed by atoms with Crippen LogP contribution >= 0.6 is 0 Å². The van der Waals surface area contributed by atoms with Crippen LogP contribution in [0, 0.1) is 12.8 Å². The first kappa shape index (κ1) is 24.8. The summed E-state index contributed by atoms with van der Waals surface area (Å²) < 4.78 is 33.4. The zero-order valence-electron chi connectivity index (χ0n) is 20.5. The smallest absolute Gasteiger partial charge is 0.243 e. The van der Waals surface area contributed by atoms with Gasteiger partial charge in [0.05, 0.1) is 10.4 Å². The standard InChI is InChI=1S/C28H33N3O4S/c1-20-9-11-23(12-10-20)36(33,34)31-15-13-21(14-16-31)17-29-18-22(32)19-35-27-8-4-7-26-28(27)24-5-2-3-6-25(24)30-26/h2-12,21-22,29-30,32H,13-19H2,1H3. The highest BCUT2D eigenvalue weighted by Gasteiger charge is 2.29. The van der Waals surface area contributed by atoms with Gasteiger partial charge in [-0.05, 0) is 62.6 Å². The van der Waals surface area contributed by atoms with Crippen molar-refractivity contribution in [1.82, 2.24) is 14.6 Å². The van der Waals surface area contributed by atoms with Gasteiger partial charge in [-0.15, -0.1) is 0 Å². The van der Waals surface area contributed by atoms with Crippen LogP contribution in [0.3, 0.4) is 0 Å². The number of piperidine rings is 1. The zero-order chi connectivity index (χ0) is 25.1. The van der Waals surface area contributed by atoms with Gasteiger partial charge >= 0.3 is 0 Å². The molecule has 1 saturated heterocycles. The van der Waals surface area contributed by atoms with Gasteiger partial charge in [0.25, 0.3) is 0 Å². The molecule has 0 aliphatic carbocycles. The summed E-state index contributed by atoms with van der Waals surface area (Å²) in [6.45, 7) is 4.34. The molecule has 36 heavy (non-hydrogen) atoms. The summed E-state index contributed by atoms with van der Waals surface area (Å²) in [5.74, 6) is 1.13. The summed E-state index contributed by atoms with van der Waals surface area (Å²) in [4.78, 5) is 3.76. The number of H-pyrrole nitrogens is 1. The molecule has 3 N–H and O–H groups in total. The second kappa shape index (κ2) is 10.6. The van der Waals surface area contributed by atoms with Crippen LogP contribution in [-0.2, 0) is 10.0 Å². The van der Waals surface area contributed by atoms with Crippen LogP contribution < -0.4 is 10.1 Å². The topological polar surface area (TPSA) is 94.7 Å². The Balaban J connectivity index is 1.08. The minimum absolute atomic E-state index is 0.193. The van der Waals surface area contributed by atoms with Crippen LogP contribution in [0.5, 0.6) is 5.75 Å². The molecule has 0 amide bonds. The molecular weight excluding hydrogens is 474 g/mol. The fourth-order valence-corrected chi connectivity index (χ4v) is 6.37. The van der Waals surface area contributed by atoms with E-state index >= 15 is 0 Å². The van der Waals surface area contributed by atoms with E-state index in [9.17, 15) is 13.5 Å². The fourth-order valence-electron chi connectivity index (χ4n) is 4.90. The van der Waals surface area contributed by atoms with Gasteiger partial charge in [-0.2, -0.15) is 4.31 Å². The number of aryl methyl sites for hydroxylation is 1. The van der Waals surface area contributed by atoms with Crippen molar-refractivity contribution in [3.05, 3.63) is 72.3 Å². The summed E-state index contributed by atoms with van der Waals surface area (Å²) in [7, 11) is -3.44. The number of nitrogens with one attached hydrogen (secondary N) is 2. The number of hydrogen-bond acceptors (Lipinski definition) is 5. The van der Waals surface area contributed by atoms with Crippen LogP contribution in [0.2, 0.25) is 0 Å². The summed E-state index contributed by atoms with van der Waals surface area (Å²) in [5, 5.41) is 16.0. The van der Waals surface area contributed by atoms with E-state index in [0.29, 0.717) is 30.4 Å². The molecule has 0 bridgehead atoms. The van der Waals surface area contributed by atoms with E-state index in [1.54, 1.807) is 16.4 Å². The maximum Gasteiger partial charge on any atom is 0.243 e. The van der Waals surface area contributed by atoms with Crippen molar-refractivity contribution in [1.29, 1.82) is 0 Å². The number of benzene rings is 3. The van der Waals surface area contributed by atoms with Gasteiger partial charge in [0.15, 0.2) is 0 Å². The summed E-state index contributed by atoms with van der Waals surface area (Å²) in [5.41, 5.74) is 3.11. The third-order valence-corrected chi connectivity index (χ3v) is 8.88. The lowest BCUT2D eigenvalue weighted by Crippen LogP contribution is -2.42. The van der Waals surface area contributed by atoms with Gasteiger partial charge in [-0.3, -0.25) is 0 Å². The van der Waals surface area contributed by atoms with Gasteiger partial charge in [0, 0.05) is 35.9 Å². The molecule has 1 fully saturated rings. The Morgan fingerprint density at radius 1 is 1.03 bits per heavy atom. The van der Waals surface area contributed by atoms with Crippen molar-refractivity contribution in [3.8, 4) is 5.75 Å². The van der Waals surface area contributed by atoms with Crippen LogP contribution in [0.15, 0.2) is 71.6 Å². The number of aromatic amines is 1. The number of ether oxygens (including phenoxy) is 1. The fraction of sp³-hybridized carbons (Fsp3) is 0.357. The second-order valence-electron chi connectivity index (χ2n) is 9.63. The number of nitrogens with zero attached hydrogens (tertiary/aromatic N) is 1. The summed E-state index contributed by atoms with van der Waals surface area (Å²) in [6, 6.07) is 21.0. The Kier molecular flexibility index (Phi) is 7.29. The predicted octanol–water partition coefficient (Wildman–Crippen LogP) is 4.06. The molecule has 5 rings (SSSR count). The molecule has 1 unspecified atom stereocenters. The van der Waals surface area contributed by atoms with Crippen molar-refractivity contribution in [3.63, 3.8) is 0 Å². The molecule has 2 heterocycles. The number of para-hydroxylation sites is 1. The molecule has 1 atom stereocenters. The lowest BCUT2D eigenvalue weighted by molar-refractivity contribution is 0.105. The van der Waals surface area contributed by atoms with Gasteiger partial charge in [-0.1, -0.05) is 42.0 Å². The first-order chi connectivity index (χ1) is 17.4. The average Bonchev–Trinajstić information content (AvgIpc) is 3.27. The third kappa shape index (κ3) is 5.27. The van der Waals surface area contributed by atoms with E-state index in [4.69, 9.17) is 4.74 Å². The number of hydrogen-bond donors (Lipinski definition) is 3. The molecule has 1 aliphatic rings. The number of sulfonamides is 1. The molecule has 190 valence electrons. The maximum absolute atomic E-state index is 12.9. The second-order valence-corrected chi connectivity index (χ2v) is 11.6. The third-order valence-electron chi connectivity index (χ3n) is 6.97. The van der Waals surface area contributed by atoms with E-state index in [0.717, 1.165) is 52.5 Å². The van der Waals surface area contributed by atoms with Gasteiger partial charge in [-0.25, -0.2) is 8.42 Å². The lowest BCUT2D eigenvalue weighted by atomic mass is 9.98. The Labute approximate surface area is 212 Å². The minimum atomic E-state index is -3.44. The molecule has 0 radical (unpaired) electrons. The van der Waals surface area contributed by atoms with Crippen molar-refractivity contribution in [2.75, 3.05) is 32.8 Å². The van der Waals surface area contributed by atoms with E-state index in [1.165, 1.54) is 0 Å². The Hall–Kier alpha value is -2.91. The Morgan fingerprint density at radius 3 is 2.53 bits per heavy atom. The van der Waals surface area contributed by atoms with E-state index in [1.807, 2.05) is 55.5 Å². The highest BCUT2D eigenvalue weighted by Crippen LogP contribution is 2.33. The molecule has 4 aromatic rings. The number of rotatable bonds is 9. The van der Waals surface area contributed by atoms with Gasteiger partial charge in [0.1, 0.15) is 18.5 Å². The Morgan fingerprint density at radius 2 is 1.75 bits per heavy atom. The van der Waals surface area contributed by atoms with E-state index < -0.39 is 16.1 Å².